The van der Waals surface area contributed by atoms with Crippen LogP contribution in [0.5, 0.6) is 0 Å². The second-order valence-electron chi connectivity index (χ2n) is 4.87. The number of hydrogen-bond donors (Lipinski definition) is 0. The van der Waals surface area contributed by atoms with Crippen LogP contribution in [0.2, 0.25) is 0 Å². The van der Waals surface area contributed by atoms with E-state index in [-0.39, 0.29) is 5.54 Å². The summed E-state index contributed by atoms with van der Waals surface area (Å²) >= 11 is 0. The van der Waals surface area contributed by atoms with Crippen LogP contribution in [0.3, 0.4) is 0 Å². The minimum absolute atomic E-state index is 0.269. The zero-order chi connectivity index (χ0) is 11.7. The monoisotopic (exact) mass is 229 g/mol. The summed E-state index contributed by atoms with van der Waals surface area (Å²) in [6.07, 6.45) is 5.79. The number of ether oxygens (including phenoxy) is 1. The lowest BCUT2D eigenvalue weighted by molar-refractivity contribution is 0.110. The molecular formula is C14H15NO2. The van der Waals surface area contributed by atoms with Gasteiger partial charge in [-0.05, 0) is 42.4 Å². The van der Waals surface area contributed by atoms with Gasteiger partial charge in [-0.1, -0.05) is 18.2 Å². The standard InChI is InChI=1S/C14H15NO2/c16-10-15-14(5-1-6-14)13-3-2-12-9-17-7-4-11(12)8-13/h2-3,8H,1,4-7,9H2. The fourth-order valence-corrected chi connectivity index (χ4v) is 2.72. The molecule has 1 heterocycles. The molecule has 3 rings (SSSR count). The molecule has 1 saturated carbocycles. The first kappa shape index (κ1) is 10.7. The lowest BCUT2D eigenvalue weighted by atomic mass is 9.71. The zero-order valence-corrected chi connectivity index (χ0v) is 9.74. The van der Waals surface area contributed by atoms with Crippen LogP contribution in [-0.4, -0.2) is 12.7 Å². The zero-order valence-electron chi connectivity index (χ0n) is 9.74. The average Bonchev–Trinajstić information content (AvgIpc) is 2.33. The van der Waals surface area contributed by atoms with Crippen molar-refractivity contribution in [1.82, 2.24) is 0 Å². The molecule has 1 aliphatic carbocycles. The van der Waals surface area contributed by atoms with Crippen molar-refractivity contribution in [3.05, 3.63) is 34.9 Å². The Labute approximate surface area is 101 Å². The number of aliphatic imine (C=N–C) groups is 1. The Morgan fingerprint density at radius 2 is 2.18 bits per heavy atom. The first-order chi connectivity index (χ1) is 8.34. The van der Waals surface area contributed by atoms with E-state index in [0.717, 1.165) is 32.3 Å². The van der Waals surface area contributed by atoms with E-state index in [0.29, 0.717) is 6.61 Å². The van der Waals surface area contributed by atoms with Gasteiger partial charge < -0.3 is 4.74 Å². The van der Waals surface area contributed by atoms with Crippen molar-refractivity contribution in [1.29, 1.82) is 0 Å². The molecule has 0 spiro atoms. The topological polar surface area (TPSA) is 38.7 Å². The van der Waals surface area contributed by atoms with E-state index in [1.807, 2.05) is 0 Å². The van der Waals surface area contributed by atoms with Crippen molar-refractivity contribution in [3.8, 4) is 0 Å². The normalized spacial score (nSPS) is 20.9. The first-order valence-electron chi connectivity index (χ1n) is 6.13. The Kier molecular flexibility index (Phi) is 2.58. The van der Waals surface area contributed by atoms with Gasteiger partial charge in [0.1, 0.15) is 0 Å². The van der Waals surface area contributed by atoms with Crippen LogP contribution in [0.15, 0.2) is 23.2 Å². The molecule has 0 saturated heterocycles. The number of rotatable bonds is 2. The molecule has 0 atom stereocenters. The molecule has 1 aliphatic heterocycles. The average molecular weight is 229 g/mol. The summed E-state index contributed by atoms with van der Waals surface area (Å²) in [7, 11) is 0. The number of fused-ring (bicyclic) bond motifs is 1. The fraction of sp³-hybridized carbons (Fsp3) is 0.500. The summed E-state index contributed by atoms with van der Waals surface area (Å²) in [6.45, 7) is 1.50. The largest absolute Gasteiger partial charge is 0.376 e. The molecule has 0 N–H and O–H groups in total. The van der Waals surface area contributed by atoms with Crippen LogP contribution in [-0.2, 0) is 28.1 Å². The van der Waals surface area contributed by atoms with Crippen LogP contribution in [0.1, 0.15) is 36.0 Å². The maximum Gasteiger partial charge on any atom is 0.235 e. The summed E-state index contributed by atoms with van der Waals surface area (Å²) < 4.78 is 5.42. The van der Waals surface area contributed by atoms with Crippen molar-refractivity contribution in [3.63, 3.8) is 0 Å². The van der Waals surface area contributed by atoms with Gasteiger partial charge in [-0.15, -0.1) is 0 Å². The van der Waals surface area contributed by atoms with Crippen molar-refractivity contribution >= 4 is 6.08 Å². The molecule has 3 heteroatoms. The van der Waals surface area contributed by atoms with Crippen molar-refractivity contribution < 1.29 is 9.53 Å². The van der Waals surface area contributed by atoms with E-state index >= 15 is 0 Å². The predicted octanol–water partition coefficient (Wildman–Crippen LogP) is 2.47. The number of carbonyl (C=O) groups excluding carboxylic acids is 1. The van der Waals surface area contributed by atoms with Gasteiger partial charge in [0.05, 0.1) is 18.8 Å². The number of benzene rings is 1. The first-order valence-corrected chi connectivity index (χ1v) is 6.13. The molecule has 0 amide bonds. The van der Waals surface area contributed by atoms with E-state index in [2.05, 4.69) is 23.2 Å². The Bertz CT molecular complexity index is 485. The molecule has 0 radical (unpaired) electrons. The maximum atomic E-state index is 10.6. The minimum atomic E-state index is -0.269. The van der Waals surface area contributed by atoms with Gasteiger partial charge in [-0.25, -0.2) is 4.79 Å². The van der Waals surface area contributed by atoms with Crippen molar-refractivity contribution in [2.45, 2.75) is 37.8 Å². The van der Waals surface area contributed by atoms with Crippen LogP contribution < -0.4 is 0 Å². The third-order valence-electron chi connectivity index (χ3n) is 3.96. The van der Waals surface area contributed by atoms with Gasteiger partial charge in [0.15, 0.2) is 0 Å². The SMILES string of the molecule is O=C=NC1(c2ccc3c(c2)CCOC3)CCC1. The van der Waals surface area contributed by atoms with Crippen LogP contribution in [0.25, 0.3) is 0 Å². The Morgan fingerprint density at radius 3 is 2.88 bits per heavy atom. The van der Waals surface area contributed by atoms with Crippen LogP contribution in [0, 0.1) is 0 Å². The van der Waals surface area contributed by atoms with Crippen LogP contribution >= 0.6 is 0 Å². The molecule has 1 fully saturated rings. The molecule has 0 aromatic heterocycles. The Hall–Kier alpha value is -1.44. The highest BCUT2D eigenvalue weighted by atomic mass is 16.5. The summed E-state index contributed by atoms with van der Waals surface area (Å²) in [6, 6.07) is 6.41. The van der Waals surface area contributed by atoms with E-state index in [1.165, 1.54) is 16.7 Å². The van der Waals surface area contributed by atoms with Gasteiger partial charge >= 0.3 is 0 Å². The van der Waals surface area contributed by atoms with Gasteiger partial charge in [0.25, 0.3) is 0 Å². The Balaban J connectivity index is 2.00. The fourth-order valence-electron chi connectivity index (χ4n) is 2.72. The molecule has 1 aromatic rings. The number of isocyanates is 1. The lowest BCUT2D eigenvalue weighted by Crippen LogP contribution is -2.32. The van der Waals surface area contributed by atoms with Gasteiger partial charge in [0, 0.05) is 0 Å². The molecule has 3 nitrogen and oxygen atoms in total. The smallest absolute Gasteiger partial charge is 0.235 e. The second kappa shape index (κ2) is 4.10. The number of hydrogen-bond acceptors (Lipinski definition) is 3. The van der Waals surface area contributed by atoms with E-state index in [9.17, 15) is 4.79 Å². The third-order valence-corrected chi connectivity index (χ3v) is 3.96. The van der Waals surface area contributed by atoms with Gasteiger partial charge in [0.2, 0.25) is 6.08 Å². The quantitative estimate of drug-likeness (QED) is 0.577. The number of nitrogens with zero attached hydrogens (tertiary/aromatic N) is 1. The van der Waals surface area contributed by atoms with E-state index in [4.69, 9.17) is 4.74 Å². The minimum Gasteiger partial charge on any atom is -0.376 e. The summed E-state index contributed by atoms with van der Waals surface area (Å²) in [4.78, 5) is 14.6. The lowest BCUT2D eigenvalue weighted by Gasteiger charge is -2.37. The Morgan fingerprint density at radius 1 is 1.29 bits per heavy atom. The summed E-state index contributed by atoms with van der Waals surface area (Å²) in [5.41, 5.74) is 3.52. The highest BCUT2D eigenvalue weighted by Gasteiger charge is 2.39. The molecular weight excluding hydrogens is 214 g/mol. The summed E-state index contributed by atoms with van der Waals surface area (Å²) in [5, 5.41) is 0. The molecule has 2 aliphatic rings. The van der Waals surface area contributed by atoms with Gasteiger partial charge in [-0.3, -0.25) is 0 Å². The highest BCUT2D eigenvalue weighted by molar-refractivity contribution is 5.42. The third kappa shape index (κ3) is 1.72. The molecule has 88 valence electrons. The summed E-state index contributed by atoms with van der Waals surface area (Å²) in [5.74, 6) is 0. The molecule has 1 aromatic carbocycles. The predicted molar refractivity (Wildman–Crippen MR) is 63.5 cm³/mol. The highest BCUT2D eigenvalue weighted by Crippen LogP contribution is 2.45. The molecule has 0 unspecified atom stereocenters. The van der Waals surface area contributed by atoms with E-state index in [1.54, 1.807) is 6.08 Å². The van der Waals surface area contributed by atoms with Gasteiger partial charge in [-0.2, -0.15) is 4.99 Å². The van der Waals surface area contributed by atoms with E-state index < -0.39 is 0 Å². The molecule has 17 heavy (non-hydrogen) atoms. The van der Waals surface area contributed by atoms with Crippen molar-refractivity contribution in [2.75, 3.05) is 6.61 Å². The van der Waals surface area contributed by atoms with Crippen LogP contribution in [0.4, 0.5) is 0 Å². The van der Waals surface area contributed by atoms with Crippen molar-refractivity contribution in [2.24, 2.45) is 4.99 Å². The molecule has 0 bridgehead atoms. The second-order valence-corrected chi connectivity index (χ2v) is 4.87. The maximum absolute atomic E-state index is 10.6.